The Balaban J connectivity index is 3.40. The van der Waals surface area contributed by atoms with E-state index in [1.165, 1.54) is 6.92 Å². The fourth-order valence-electron chi connectivity index (χ4n) is 1.80. The summed E-state index contributed by atoms with van der Waals surface area (Å²) in [6, 6.07) is 0. The minimum atomic E-state index is -5.36. The first-order valence-electron chi connectivity index (χ1n) is 6.19. The number of esters is 1. The van der Waals surface area contributed by atoms with Crippen molar-refractivity contribution in [1.29, 1.82) is 0 Å². The summed E-state index contributed by atoms with van der Waals surface area (Å²) < 4.78 is 83.8. The van der Waals surface area contributed by atoms with Crippen LogP contribution in [-0.2, 0) is 28.7 Å². The summed E-state index contributed by atoms with van der Waals surface area (Å²) in [7, 11) is 0. The summed E-state index contributed by atoms with van der Waals surface area (Å²) >= 11 is 0. The molecule has 0 aliphatic rings. The smallest absolute Gasteiger partial charge is 0.466 e. The van der Waals surface area contributed by atoms with Crippen molar-refractivity contribution >= 4 is 5.97 Å². The van der Waals surface area contributed by atoms with Crippen LogP contribution in [0.5, 0.6) is 5.88 Å². The maximum atomic E-state index is 13.1. The molecule has 11 heteroatoms. The van der Waals surface area contributed by atoms with Gasteiger partial charge in [-0.15, -0.1) is 13.2 Å². The maximum absolute atomic E-state index is 13.1. The quantitative estimate of drug-likeness (QED) is 0.655. The summed E-state index contributed by atoms with van der Waals surface area (Å²) in [6.07, 6.45) is -10.5. The van der Waals surface area contributed by atoms with Crippen LogP contribution in [-0.4, -0.2) is 23.9 Å². The molecule has 0 amide bonds. The van der Waals surface area contributed by atoms with Crippen molar-refractivity contribution in [2.45, 2.75) is 32.4 Å². The van der Waals surface area contributed by atoms with Crippen LogP contribution >= 0.6 is 0 Å². The number of ether oxygens (including phenoxy) is 2. The zero-order chi connectivity index (χ0) is 17.8. The van der Waals surface area contributed by atoms with Crippen LogP contribution in [0.3, 0.4) is 0 Å². The van der Waals surface area contributed by atoms with E-state index in [4.69, 9.17) is 5.73 Å². The summed E-state index contributed by atoms with van der Waals surface area (Å²) in [6.45, 7) is 0.716. The molecule has 0 bridgehead atoms. The normalized spacial score (nSPS) is 12.2. The van der Waals surface area contributed by atoms with E-state index in [0.717, 1.165) is 0 Å². The minimum absolute atomic E-state index is 0.00832. The summed E-state index contributed by atoms with van der Waals surface area (Å²) in [5, 5.41) is 0. The Hall–Kier alpha value is -2.04. The van der Waals surface area contributed by atoms with E-state index in [0.29, 0.717) is 6.20 Å². The molecule has 0 aliphatic carbocycles. The number of alkyl halides is 6. The third-order valence-corrected chi connectivity index (χ3v) is 2.58. The third kappa shape index (κ3) is 5.27. The van der Waals surface area contributed by atoms with Crippen LogP contribution in [0, 0.1) is 0 Å². The largest absolute Gasteiger partial charge is 0.574 e. The first-order valence-corrected chi connectivity index (χ1v) is 6.19. The fraction of sp³-hybridized carbons (Fsp3) is 0.500. The van der Waals surface area contributed by atoms with E-state index < -0.39 is 48.5 Å². The van der Waals surface area contributed by atoms with Gasteiger partial charge in [-0.2, -0.15) is 13.2 Å². The molecule has 0 atom stereocenters. The maximum Gasteiger partial charge on any atom is 0.574 e. The number of carbonyl (C=O) groups is 1. The van der Waals surface area contributed by atoms with Crippen molar-refractivity contribution in [2.24, 2.45) is 5.73 Å². The fourth-order valence-corrected chi connectivity index (χ4v) is 1.80. The first-order chi connectivity index (χ1) is 10.5. The predicted octanol–water partition coefficient (Wildman–Crippen LogP) is 2.56. The highest BCUT2D eigenvalue weighted by atomic mass is 19.4. The van der Waals surface area contributed by atoms with Gasteiger partial charge in [-0.05, 0) is 18.1 Å². The number of hydrogen-bond donors (Lipinski definition) is 1. The van der Waals surface area contributed by atoms with Crippen LogP contribution in [0.1, 0.15) is 23.6 Å². The molecule has 0 unspecified atom stereocenters. The van der Waals surface area contributed by atoms with Gasteiger partial charge >= 0.3 is 18.5 Å². The van der Waals surface area contributed by atoms with Gasteiger partial charge in [0, 0.05) is 12.7 Å². The molecule has 0 aromatic carbocycles. The number of hydrogen-bond acceptors (Lipinski definition) is 5. The Labute approximate surface area is 126 Å². The lowest BCUT2D eigenvalue weighted by molar-refractivity contribution is -0.278. The van der Waals surface area contributed by atoms with Gasteiger partial charge in [-0.3, -0.25) is 4.79 Å². The summed E-state index contributed by atoms with van der Waals surface area (Å²) in [4.78, 5) is 14.4. The van der Waals surface area contributed by atoms with Crippen LogP contribution in [0.2, 0.25) is 0 Å². The molecule has 5 nitrogen and oxygen atoms in total. The van der Waals surface area contributed by atoms with E-state index >= 15 is 0 Å². The van der Waals surface area contributed by atoms with E-state index in [-0.39, 0.29) is 12.2 Å². The number of rotatable bonds is 5. The number of aromatic nitrogens is 1. The molecule has 1 aromatic rings. The molecule has 1 rings (SSSR count). The second-order valence-electron chi connectivity index (χ2n) is 4.17. The Bertz CT molecular complexity index is 571. The Morgan fingerprint density at radius 1 is 1.26 bits per heavy atom. The molecule has 0 radical (unpaired) electrons. The highest BCUT2D eigenvalue weighted by Crippen LogP contribution is 2.40. The number of nitrogens with zero attached hydrogens (tertiary/aromatic N) is 1. The second kappa shape index (κ2) is 7.02. The zero-order valence-corrected chi connectivity index (χ0v) is 11.7. The summed E-state index contributed by atoms with van der Waals surface area (Å²) in [5.74, 6) is -2.53. The molecular formula is C12H12F6N2O3. The minimum Gasteiger partial charge on any atom is -0.466 e. The van der Waals surface area contributed by atoms with Crippen molar-refractivity contribution in [1.82, 2.24) is 4.98 Å². The molecule has 0 aliphatic heterocycles. The number of carbonyl (C=O) groups excluding carboxylic acids is 1. The standard InChI is InChI=1S/C12H12F6N2O3/c1-2-22-8(21)3-6-5-20-10(23-12(16,17)18)9(7(6)4-19)11(13,14)15/h5H,2-4,19H2,1H3. The Morgan fingerprint density at radius 3 is 2.30 bits per heavy atom. The van der Waals surface area contributed by atoms with Crippen molar-refractivity contribution in [2.75, 3.05) is 6.61 Å². The van der Waals surface area contributed by atoms with Gasteiger partial charge in [0.2, 0.25) is 5.88 Å². The molecular weight excluding hydrogens is 334 g/mol. The molecule has 0 fully saturated rings. The van der Waals surface area contributed by atoms with E-state index in [1.54, 1.807) is 0 Å². The molecule has 0 saturated heterocycles. The van der Waals surface area contributed by atoms with Gasteiger partial charge < -0.3 is 15.2 Å². The molecule has 0 spiro atoms. The van der Waals surface area contributed by atoms with Crippen LogP contribution in [0.25, 0.3) is 0 Å². The topological polar surface area (TPSA) is 74.4 Å². The monoisotopic (exact) mass is 346 g/mol. The predicted molar refractivity (Wildman–Crippen MR) is 64.2 cm³/mol. The zero-order valence-electron chi connectivity index (χ0n) is 11.7. The van der Waals surface area contributed by atoms with E-state index in [2.05, 4.69) is 14.5 Å². The summed E-state index contributed by atoms with van der Waals surface area (Å²) in [5.41, 5.74) is 2.46. The van der Waals surface area contributed by atoms with E-state index in [1.807, 2.05) is 0 Å². The first kappa shape index (κ1) is 19.0. The third-order valence-electron chi connectivity index (χ3n) is 2.58. The molecule has 1 aromatic heterocycles. The van der Waals surface area contributed by atoms with Crippen molar-refractivity contribution in [3.05, 3.63) is 22.9 Å². The lowest BCUT2D eigenvalue weighted by atomic mass is 10.0. The average molecular weight is 346 g/mol. The number of pyridine rings is 1. The van der Waals surface area contributed by atoms with Gasteiger partial charge in [0.05, 0.1) is 13.0 Å². The highest BCUT2D eigenvalue weighted by molar-refractivity contribution is 5.73. The van der Waals surface area contributed by atoms with Crippen molar-refractivity contribution in [3.8, 4) is 5.88 Å². The Morgan fingerprint density at radius 2 is 1.87 bits per heavy atom. The lowest BCUT2D eigenvalue weighted by Crippen LogP contribution is -2.24. The van der Waals surface area contributed by atoms with Crippen molar-refractivity contribution < 1.29 is 40.6 Å². The average Bonchev–Trinajstić information content (AvgIpc) is 2.37. The Kier molecular flexibility index (Phi) is 5.81. The van der Waals surface area contributed by atoms with E-state index in [9.17, 15) is 31.1 Å². The molecule has 130 valence electrons. The van der Waals surface area contributed by atoms with Crippen LogP contribution < -0.4 is 10.5 Å². The molecule has 1 heterocycles. The van der Waals surface area contributed by atoms with Gasteiger partial charge in [0.25, 0.3) is 0 Å². The van der Waals surface area contributed by atoms with Gasteiger partial charge in [-0.1, -0.05) is 0 Å². The lowest BCUT2D eigenvalue weighted by Gasteiger charge is -2.19. The molecule has 0 saturated carbocycles. The van der Waals surface area contributed by atoms with Crippen LogP contribution in [0.4, 0.5) is 26.3 Å². The van der Waals surface area contributed by atoms with Gasteiger partial charge in [0.15, 0.2) is 0 Å². The van der Waals surface area contributed by atoms with Crippen LogP contribution in [0.15, 0.2) is 6.20 Å². The molecule has 23 heavy (non-hydrogen) atoms. The van der Waals surface area contributed by atoms with Crippen molar-refractivity contribution in [3.63, 3.8) is 0 Å². The van der Waals surface area contributed by atoms with Gasteiger partial charge in [-0.25, -0.2) is 4.98 Å². The second-order valence-corrected chi connectivity index (χ2v) is 4.17. The van der Waals surface area contributed by atoms with Gasteiger partial charge in [0.1, 0.15) is 5.56 Å². The highest BCUT2D eigenvalue weighted by Gasteiger charge is 2.43. The number of nitrogens with two attached hydrogens (primary N) is 1. The molecule has 2 N–H and O–H groups in total. The number of halogens is 6. The SMILES string of the molecule is CCOC(=O)Cc1cnc(OC(F)(F)F)c(C(F)(F)F)c1CN.